The fourth-order valence-electron chi connectivity index (χ4n) is 2.42. The second-order valence-corrected chi connectivity index (χ2v) is 5.43. The van der Waals surface area contributed by atoms with Gasteiger partial charge in [0.05, 0.1) is 0 Å². The SMILES string of the molecule is CC(=O)OCC1OC(n2cnc(C(N)=O)n2)C(OC(C)=O)C1OC(C)=O. The molecule has 4 atom stereocenters. The van der Waals surface area contributed by atoms with E-state index in [2.05, 4.69) is 10.1 Å². The molecule has 2 heterocycles. The Morgan fingerprint density at radius 3 is 2.23 bits per heavy atom. The molecule has 0 bridgehead atoms. The maximum Gasteiger partial charge on any atom is 0.303 e. The number of carbonyl (C=O) groups is 4. The molecular weight excluding hydrogens is 352 g/mol. The fraction of sp³-hybridized carbons (Fsp3) is 0.571. The number of ether oxygens (including phenoxy) is 4. The van der Waals surface area contributed by atoms with E-state index in [1.165, 1.54) is 13.8 Å². The van der Waals surface area contributed by atoms with Crippen molar-refractivity contribution in [1.29, 1.82) is 0 Å². The quantitative estimate of drug-likeness (QED) is 0.470. The van der Waals surface area contributed by atoms with Gasteiger partial charge in [0, 0.05) is 20.8 Å². The molecule has 0 radical (unpaired) electrons. The standard InChI is InChI=1S/C14H18N4O8/c1-6(19)23-4-9-10(24-7(2)20)11(25-8(3)21)14(26-9)18-5-16-13(17-18)12(15)22/h5,9-11,14H,4H2,1-3H3,(H2,15,22). The Morgan fingerprint density at radius 1 is 1.12 bits per heavy atom. The molecule has 2 rings (SSSR count). The summed E-state index contributed by atoms with van der Waals surface area (Å²) in [7, 11) is 0. The third-order valence-corrected chi connectivity index (χ3v) is 3.33. The van der Waals surface area contributed by atoms with Crippen LogP contribution in [0.1, 0.15) is 37.6 Å². The maximum atomic E-state index is 11.5. The fourth-order valence-corrected chi connectivity index (χ4v) is 2.42. The largest absolute Gasteiger partial charge is 0.463 e. The summed E-state index contributed by atoms with van der Waals surface area (Å²) in [5, 5.41) is 3.86. The Hall–Kier alpha value is -3.02. The highest BCUT2D eigenvalue weighted by Gasteiger charge is 2.51. The molecule has 0 saturated carbocycles. The molecule has 0 spiro atoms. The zero-order valence-electron chi connectivity index (χ0n) is 14.3. The first kappa shape index (κ1) is 19.3. The molecule has 1 aliphatic rings. The lowest BCUT2D eigenvalue weighted by Gasteiger charge is -2.23. The zero-order chi connectivity index (χ0) is 19.4. The lowest BCUT2D eigenvalue weighted by molar-refractivity contribution is -0.166. The summed E-state index contributed by atoms with van der Waals surface area (Å²) in [6.07, 6.45) is -3.04. The summed E-state index contributed by atoms with van der Waals surface area (Å²) in [5.41, 5.74) is 5.11. The van der Waals surface area contributed by atoms with Crippen molar-refractivity contribution in [3.63, 3.8) is 0 Å². The molecular formula is C14H18N4O8. The van der Waals surface area contributed by atoms with Gasteiger partial charge >= 0.3 is 17.9 Å². The van der Waals surface area contributed by atoms with Crippen LogP contribution in [0.5, 0.6) is 0 Å². The molecule has 12 nitrogen and oxygen atoms in total. The number of esters is 3. The molecule has 1 aromatic heterocycles. The molecule has 1 amide bonds. The van der Waals surface area contributed by atoms with Gasteiger partial charge in [-0.3, -0.25) is 19.2 Å². The number of carbonyl (C=O) groups excluding carboxylic acids is 4. The van der Waals surface area contributed by atoms with Crippen LogP contribution in [0.25, 0.3) is 0 Å². The number of nitrogens with two attached hydrogens (primary N) is 1. The first-order valence-corrected chi connectivity index (χ1v) is 7.53. The van der Waals surface area contributed by atoms with E-state index >= 15 is 0 Å². The average molecular weight is 370 g/mol. The topological polar surface area (TPSA) is 162 Å². The number of nitrogens with zero attached hydrogens (tertiary/aromatic N) is 3. The Bertz CT molecular complexity index is 718. The summed E-state index contributed by atoms with van der Waals surface area (Å²) >= 11 is 0. The summed E-state index contributed by atoms with van der Waals surface area (Å²) < 4.78 is 22.1. The lowest BCUT2D eigenvalue weighted by Crippen LogP contribution is -2.40. The van der Waals surface area contributed by atoms with E-state index in [1.54, 1.807) is 0 Å². The Kier molecular flexibility index (Phi) is 5.87. The van der Waals surface area contributed by atoms with E-state index in [9.17, 15) is 19.2 Å². The average Bonchev–Trinajstić information content (AvgIpc) is 3.11. The number of hydrogen-bond donors (Lipinski definition) is 1. The molecule has 1 fully saturated rings. The third kappa shape index (κ3) is 4.53. The normalized spacial score (nSPS) is 24.7. The molecule has 142 valence electrons. The van der Waals surface area contributed by atoms with Crippen molar-refractivity contribution < 1.29 is 38.1 Å². The number of rotatable bonds is 6. The van der Waals surface area contributed by atoms with Gasteiger partial charge in [-0.05, 0) is 0 Å². The van der Waals surface area contributed by atoms with Crippen molar-refractivity contribution in [2.24, 2.45) is 5.73 Å². The van der Waals surface area contributed by atoms with Gasteiger partial charge in [0.1, 0.15) is 19.0 Å². The van der Waals surface area contributed by atoms with Crippen LogP contribution in [-0.2, 0) is 33.3 Å². The van der Waals surface area contributed by atoms with E-state index in [0.717, 1.165) is 17.9 Å². The van der Waals surface area contributed by atoms with Crippen molar-refractivity contribution in [3.8, 4) is 0 Å². The molecule has 12 heteroatoms. The van der Waals surface area contributed by atoms with E-state index in [4.69, 9.17) is 24.7 Å². The van der Waals surface area contributed by atoms with Gasteiger partial charge in [-0.25, -0.2) is 9.67 Å². The lowest BCUT2D eigenvalue weighted by atomic mass is 10.1. The summed E-state index contributed by atoms with van der Waals surface area (Å²) in [5.74, 6) is -3.02. The van der Waals surface area contributed by atoms with Crippen LogP contribution in [0.4, 0.5) is 0 Å². The van der Waals surface area contributed by atoms with Gasteiger partial charge in [0.25, 0.3) is 5.91 Å². The van der Waals surface area contributed by atoms with E-state index < -0.39 is 48.4 Å². The van der Waals surface area contributed by atoms with Crippen molar-refractivity contribution >= 4 is 23.8 Å². The van der Waals surface area contributed by atoms with Crippen LogP contribution in [-0.4, -0.2) is 63.5 Å². The first-order valence-electron chi connectivity index (χ1n) is 7.53. The third-order valence-electron chi connectivity index (χ3n) is 3.33. The second kappa shape index (κ2) is 7.91. The summed E-state index contributed by atoms with van der Waals surface area (Å²) in [6, 6.07) is 0. The smallest absolute Gasteiger partial charge is 0.303 e. The predicted molar refractivity (Wildman–Crippen MR) is 80.2 cm³/mol. The number of hydrogen-bond acceptors (Lipinski definition) is 10. The molecule has 0 aliphatic carbocycles. The van der Waals surface area contributed by atoms with Crippen LogP contribution < -0.4 is 5.73 Å². The number of aromatic nitrogens is 3. The number of amides is 1. The molecule has 1 aromatic rings. The molecule has 4 unspecified atom stereocenters. The van der Waals surface area contributed by atoms with E-state index in [0.29, 0.717) is 0 Å². The second-order valence-electron chi connectivity index (χ2n) is 5.43. The van der Waals surface area contributed by atoms with Crippen LogP contribution in [0, 0.1) is 0 Å². The zero-order valence-corrected chi connectivity index (χ0v) is 14.3. The van der Waals surface area contributed by atoms with Gasteiger partial charge in [-0.2, -0.15) is 0 Å². The summed E-state index contributed by atoms with van der Waals surface area (Å²) in [4.78, 5) is 48.9. The Balaban J connectivity index is 2.33. The highest BCUT2D eigenvalue weighted by molar-refractivity contribution is 5.88. The molecule has 0 aromatic carbocycles. The minimum absolute atomic E-state index is 0.251. The predicted octanol–water partition coefficient (Wildman–Crippen LogP) is -1.30. The monoisotopic (exact) mass is 370 g/mol. The summed E-state index contributed by atoms with van der Waals surface area (Å²) in [6.45, 7) is 3.28. The van der Waals surface area contributed by atoms with Gasteiger partial charge in [-0.15, -0.1) is 5.10 Å². The number of primary amides is 1. The molecule has 1 saturated heterocycles. The van der Waals surface area contributed by atoms with Crippen LogP contribution in [0.15, 0.2) is 6.33 Å². The molecule has 26 heavy (non-hydrogen) atoms. The van der Waals surface area contributed by atoms with Crippen molar-refractivity contribution in [3.05, 3.63) is 12.2 Å². The highest BCUT2D eigenvalue weighted by atomic mass is 16.7. The molecule has 2 N–H and O–H groups in total. The van der Waals surface area contributed by atoms with Crippen molar-refractivity contribution in [2.75, 3.05) is 6.61 Å². The van der Waals surface area contributed by atoms with Crippen LogP contribution in [0.2, 0.25) is 0 Å². The van der Waals surface area contributed by atoms with Crippen LogP contribution in [0.3, 0.4) is 0 Å². The van der Waals surface area contributed by atoms with Gasteiger partial charge in [-0.1, -0.05) is 0 Å². The van der Waals surface area contributed by atoms with Crippen LogP contribution >= 0.6 is 0 Å². The van der Waals surface area contributed by atoms with Gasteiger partial charge < -0.3 is 24.7 Å². The minimum atomic E-state index is -1.11. The van der Waals surface area contributed by atoms with Crippen molar-refractivity contribution in [1.82, 2.24) is 14.8 Å². The van der Waals surface area contributed by atoms with E-state index in [-0.39, 0.29) is 12.4 Å². The Labute approximate surface area is 147 Å². The minimum Gasteiger partial charge on any atom is -0.463 e. The molecule has 1 aliphatic heterocycles. The van der Waals surface area contributed by atoms with Gasteiger partial charge in [0.2, 0.25) is 5.82 Å². The Morgan fingerprint density at radius 2 is 1.73 bits per heavy atom. The van der Waals surface area contributed by atoms with Gasteiger partial charge in [0.15, 0.2) is 18.4 Å². The van der Waals surface area contributed by atoms with E-state index in [1.807, 2.05) is 0 Å². The highest BCUT2D eigenvalue weighted by Crippen LogP contribution is 2.33. The van der Waals surface area contributed by atoms with Crippen molar-refractivity contribution in [2.45, 2.75) is 45.3 Å². The first-order chi connectivity index (χ1) is 12.2. The maximum absolute atomic E-state index is 11.5.